The second-order valence-corrected chi connectivity index (χ2v) is 2.92. The molecule has 0 bridgehead atoms. The van der Waals surface area contributed by atoms with E-state index < -0.39 is 5.79 Å². The maximum atomic E-state index is 5.86. The van der Waals surface area contributed by atoms with E-state index in [1.54, 1.807) is 0 Å². The summed E-state index contributed by atoms with van der Waals surface area (Å²) >= 11 is 0. The first kappa shape index (κ1) is 10.9. The minimum absolute atomic E-state index is 0.606. The van der Waals surface area contributed by atoms with Gasteiger partial charge in [0, 0.05) is 6.54 Å². The van der Waals surface area contributed by atoms with Gasteiger partial charge >= 0.3 is 0 Å². The van der Waals surface area contributed by atoms with Crippen LogP contribution in [0.15, 0.2) is 0 Å². The van der Waals surface area contributed by atoms with Gasteiger partial charge in [0.15, 0.2) is 0 Å². The van der Waals surface area contributed by atoms with E-state index in [0.717, 1.165) is 25.9 Å². The molecular weight excluding hydrogens is 138 g/mol. The van der Waals surface area contributed by atoms with E-state index in [-0.39, 0.29) is 0 Å². The van der Waals surface area contributed by atoms with Crippen molar-refractivity contribution in [1.29, 1.82) is 0 Å². The highest BCUT2D eigenvalue weighted by atomic mass is 15.3. The number of hydrogen-bond acceptors (Lipinski definition) is 3. The third kappa shape index (κ3) is 3.18. The maximum absolute atomic E-state index is 5.86. The number of hydrogen-bond donors (Lipinski definition) is 2. The fourth-order valence-electron chi connectivity index (χ4n) is 1.15. The molecule has 0 rings (SSSR count). The van der Waals surface area contributed by atoms with Gasteiger partial charge in [0.1, 0.15) is 5.79 Å². The molecule has 3 heteroatoms. The zero-order valence-corrected chi connectivity index (χ0v) is 7.93. The Morgan fingerprint density at radius 1 is 1.18 bits per heavy atom. The average molecular weight is 159 g/mol. The van der Waals surface area contributed by atoms with Crippen LogP contribution in [0.25, 0.3) is 0 Å². The van der Waals surface area contributed by atoms with Crippen LogP contribution in [0, 0.1) is 0 Å². The number of rotatable bonds is 5. The van der Waals surface area contributed by atoms with Gasteiger partial charge in [-0.15, -0.1) is 0 Å². The summed E-state index contributed by atoms with van der Waals surface area (Å²) in [4.78, 5) is 2.10. The molecule has 4 N–H and O–H groups in total. The molecule has 68 valence electrons. The van der Waals surface area contributed by atoms with E-state index in [1.165, 1.54) is 0 Å². The molecule has 0 heterocycles. The third-order valence-electron chi connectivity index (χ3n) is 2.03. The molecule has 0 unspecified atom stereocenters. The Morgan fingerprint density at radius 2 is 1.73 bits per heavy atom. The second-order valence-electron chi connectivity index (χ2n) is 2.92. The van der Waals surface area contributed by atoms with Crippen molar-refractivity contribution in [2.75, 3.05) is 13.1 Å². The van der Waals surface area contributed by atoms with Crippen LogP contribution >= 0.6 is 0 Å². The van der Waals surface area contributed by atoms with Crippen LogP contribution < -0.4 is 11.5 Å². The first-order chi connectivity index (χ1) is 5.08. The SMILES string of the molecule is CCCN(CC)C(N)(N)CC. The Balaban J connectivity index is 3.99. The molecule has 0 radical (unpaired) electrons. The highest BCUT2D eigenvalue weighted by Crippen LogP contribution is 2.06. The van der Waals surface area contributed by atoms with Crippen molar-refractivity contribution in [3.8, 4) is 0 Å². The van der Waals surface area contributed by atoms with Gasteiger partial charge in [-0.05, 0) is 19.4 Å². The summed E-state index contributed by atoms with van der Waals surface area (Å²) in [6.45, 7) is 8.14. The average Bonchev–Trinajstić information content (AvgIpc) is 2.00. The molecule has 0 atom stereocenters. The van der Waals surface area contributed by atoms with E-state index in [0.29, 0.717) is 0 Å². The molecular formula is C8H21N3. The summed E-state index contributed by atoms with van der Waals surface area (Å²) < 4.78 is 0. The minimum atomic E-state index is -0.606. The summed E-state index contributed by atoms with van der Waals surface area (Å²) in [7, 11) is 0. The minimum Gasteiger partial charge on any atom is -0.301 e. The van der Waals surface area contributed by atoms with Crippen LogP contribution in [0.5, 0.6) is 0 Å². The normalized spacial score (nSPS) is 12.5. The van der Waals surface area contributed by atoms with Crippen molar-refractivity contribution in [2.45, 2.75) is 39.4 Å². The van der Waals surface area contributed by atoms with E-state index in [1.807, 2.05) is 6.92 Å². The van der Waals surface area contributed by atoms with Gasteiger partial charge in [-0.1, -0.05) is 20.8 Å². The first-order valence-electron chi connectivity index (χ1n) is 4.41. The fourth-order valence-corrected chi connectivity index (χ4v) is 1.15. The molecule has 0 aromatic carbocycles. The lowest BCUT2D eigenvalue weighted by molar-refractivity contribution is 0.0996. The summed E-state index contributed by atoms with van der Waals surface area (Å²) in [6.07, 6.45) is 1.89. The van der Waals surface area contributed by atoms with Gasteiger partial charge in [-0.3, -0.25) is 4.90 Å². The smallest absolute Gasteiger partial charge is 0.120 e. The van der Waals surface area contributed by atoms with E-state index >= 15 is 0 Å². The third-order valence-corrected chi connectivity index (χ3v) is 2.03. The second kappa shape index (κ2) is 4.70. The summed E-state index contributed by atoms with van der Waals surface area (Å²) in [5.41, 5.74) is 11.7. The van der Waals surface area contributed by atoms with Crippen molar-refractivity contribution in [3.05, 3.63) is 0 Å². The monoisotopic (exact) mass is 159 g/mol. The van der Waals surface area contributed by atoms with Crippen LogP contribution in [0.1, 0.15) is 33.6 Å². The largest absolute Gasteiger partial charge is 0.301 e. The van der Waals surface area contributed by atoms with Crippen molar-refractivity contribution in [1.82, 2.24) is 4.90 Å². The topological polar surface area (TPSA) is 55.3 Å². The molecule has 0 fully saturated rings. The van der Waals surface area contributed by atoms with Crippen LogP contribution in [0.4, 0.5) is 0 Å². The van der Waals surface area contributed by atoms with Crippen molar-refractivity contribution in [3.63, 3.8) is 0 Å². The highest BCUT2D eigenvalue weighted by molar-refractivity contribution is 4.75. The van der Waals surface area contributed by atoms with Gasteiger partial charge in [0.2, 0.25) is 0 Å². The summed E-state index contributed by atoms with van der Waals surface area (Å²) in [5, 5.41) is 0. The lowest BCUT2D eigenvalue weighted by Gasteiger charge is -2.36. The molecule has 11 heavy (non-hydrogen) atoms. The van der Waals surface area contributed by atoms with Gasteiger partial charge in [0.05, 0.1) is 0 Å². The zero-order valence-electron chi connectivity index (χ0n) is 7.93. The Morgan fingerprint density at radius 3 is 2.00 bits per heavy atom. The molecule has 0 spiro atoms. The van der Waals surface area contributed by atoms with Crippen molar-refractivity contribution < 1.29 is 0 Å². The Bertz CT molecular complexity index is 102. The Hall–Kier alpha value is -0.120. The van der Waals surface area contributed by atoms with Crippen LogP contribution in [-0.4, -0.2) is 23.8 Å². The predicted octanol–water partition coefficient (Wildman–Crippen LogP) is 0.700. The van der Waals surface area contributed by atoms with Crippen LogP contribution in [0.2, 0.25) is 0 Å². The lowest BCUT2D eigenvalue weighted by Crippen LogP contribution is -2.62. The molecule has 0 amide bonds. The molecule has 0 aromatic rings. The highest BCUT2D eigenvalue weighted by Gasteiger charge is 2.23. The van der Waals surface area contributed by atoms with E-state index in [2.05, 4.69) is 18.7 Å². The first-order valence-corrected chi connectivity index (χ1v) is 4.41. The van der Waals surface area contributed by atoms with Gasteiger partial charge in [-0.2, -0.15) is 0 Å². The van der Waals surface area contributed by atoms with Crippen LogP contribution in [0.3, 0.4) is 0 Å². The molecule has 0 aliphatic carbocycles. The van der Waals surface area contributed by atoms with Crippen LogP contribution in [-0.2, 0) is 0 Å². The number of nitrogens with zero attached hydrogens (tertiary/aromatic N) is 1. The molecule has 0 aliphatic rings. The molecule has 3 nitrogen and oxygen atoms in total. The molecule has 0 saturated carbocycles. The summed E-state index contributed by atoms with van der Waals surface area (Å²) in [6, 6.07) is 0. The molecule has 0 aromatic heterocycles. The van der Waals surface area contributed by atoms with Crippen molar-refractivity contribution >= 4 is 0 Å². The Kier molecular flexibility index (Phi) is 4.65. The Labute approximate surface area is 69.7 Å². The van der Waals surface area contributed by atoms with Crippen molar-refractivity contribution in [2.24, 2.45) is 11.5 Å². The van der Waals surface area contributed by atoms with Gasteiger partial charge in [0.25, 0.3) is 0 Å². The maximum Gasteiger partial charge on any atom is 0.120 e. The fraction of sp³-hybridized carbons (Fsp3) is 1.00. The quantitative estimate of drug-likeness (QED) is 0.581. The lowest BCUT2D eigenvalue weighted by atomic mass is 10.2. The number of nitrogens with two attached hydrogens (primary N) is 2. The molecule has 0 saturated heterocycles. The van der Waals surface area contributed by atoms with Gasteiger partial charge in [-0.25, -0.2) is 0 Å². The zero-order chi connectivity index (χ0) is 8.91. The summed E-state index contributed by atoms with van der Waals surface area (Å²) in [5.74, 6) is -0.606. The van der Waals surface area contributed by atoms with Gasteiger partial charge < -0.3 is 11.5 Å². The molecule has 0 aliphatic heterocycles. The standard InChI is InChI=1S/C8H21N3/c1-4-7-11(6-3)8(9,10)5-2/h4-7,9-10H2,1-3H3. The van der Waals surface area contributed by atoms with E-state index in [9.17, 15) is 0 Å². The predicted molar refractivity (Wildman–Crippen MR) is 48.9 cm³/mol. The van der Waals surface area contributed by atoms with E-state index in [4.69, 9.17) is 11.5 Å².